The zero-order valence-corrected chi connectivity index (χ0v) is 10.6. The molecule has 0 aromatic heterocycles. The van der Waals surface area contributed by atoms with Gasteiger partial charge in [-0.1, -0.05) is 25.7 Å². The van der Waals surface area contributed by atoms with Crippen LogP contribution in [0.25, 0.3) is 0 Å². The zero-order chi connectivity index (χ0) is 13.2. The summed E-state index contributed by atoms with van der Waals surface area (Å²) >= 11 is 0. The van der Waals surface area contributed by atoms with Crippen LogP contribution in [0.2, 0.25) is 0 Å². The van der Waals surface area contributed by atoms with Gasteiger partial charge in [0, 0.05) is 12.3 Å². The Morgan fingerprint density at radius 1 is 0.944 bits per heavy atom. The lowest BCUT2D eigenvalue weighted by Crippen LogP contribution is -2.30. The molecule has 0 atom stereocenters. The van der Waals surface area contributed by atoms with Crippen LogP contribution >= 0.6 is 0 Å². The average molecular weight is 262 g/mol. The van der Waals surface area contributed by atoms with Crippen molar-refractivity contribution >= 4 is 5.78 Å². The van der Waals surface area contributed by atoms with Crippen molar-refractivity contribution < 1.29 is 18.0 Å². The number of carbonyl (C=O) groups is 1. The molecular formula is C14H21F3O. The van der Waals surface area contributed by atoms with E-state index in [1.807, 2.05) is 0 Å². The van der Waals surface area contributed by atoms with E-state index in [0.29, 0.717) is 25.2 Å². The van der Waals surface area contributed by atoms with Crippen LogP contribution in [-0.2, 0) is 4.79 Å². The number of Topliss-reactive ketones (excluding diaryl/α,β-unsaturated/α-hetero) is 1. The van der Waals surface area contributed by atoms with Gasteiger partial charge < -0.3 is 0 Å². The van der Waals surface area contributed by atoms with E-state index in [9.17, 15) is 18.0 Å². The van der Waals surface area contributed by atoms with Crippen LogP contribution in [-0.4, -0.2) is 12.0 Å². The number of hydrogen-bond donors (Lipinski definition) is 0. The Balaban J connectivity index is 1.76. The van der Waals surface area contributed by atoms with Crippen molar-refractivity contribution in [1.29, 1.82) is 0 Å². The molecule has 0 bridgehead atoms. The molecule has 18 heavy (non-hydrogen) atoms. The first kappa shape index (κ1) is 13.9. The van der Waals surface area contributed by atoms with Gasteiger partial charge in [0.25, 0.3) is 0 Å². The van der Waals surface area contributed by atoms with Crippen LogP contribution in [0.1, 0.15) is 57.8 Å². The second-order valence-corrected chi connectivity index (χ2v) is 5.91. The molecule has 4 heteroatoms. The van der Waals surface area contributed by atoms with Gasteiger partial charge in [0.1, 0.15) is 5.78 Å². The number of rotatable bonds is 3. The standard InChI is InChI=1S/C14H21F3O/c15-14(16,17)12-7-5-11(6-8-12)13(18)9-10-3-1-2-4-10/h10-12H,1-9H2. The predicted octanol–water partition coefficient (Wildman–Crippen LogP) is 4.50. The molecule has 0 aliphatic heterocycles. The molecule has 0 amide bonds. The summed E-state index contributed by atoms with van der Waals surface area (Å²) in [6, 6.07) is 0. The number of halogens is 3. The van der Waals surface area contributed by atoms with E-state index in [-0.39, 0.29) is 24.5 Å². The van der Waals surface area contributed by atoms with Crippen LogP contribution in [0.5, 0.6) is 0 Å². The normalized spacial score (nSPS) is 30.6. The highest BCUT2D eigenvalue weighted by atomic mass is 19.4. The largest absolute Gasteiger partial charge is 0.391 e. The van der Waals surface area contributed by atoms with Gasteiger partial charge >= 0.3 is 6.18 Å². The van der Waals surface area contributed by atoms with E-state index in [1.165, 1.54) is 12.8 Å². The summed E-state index contributed by atoms with van der Waals surface area (Å²) in [5, 5.41) is 0. The fourth-order valence-electron chi connectivity index (χ4n) is 3.41. The molecule has 104 valence electrons. The summed E-state index contributed by atoms with van der Waals surface area (Å²) < 4.78 is 37.5. The van der Waals surface area contributed by atoms with Crippen LogP contribution in [0.3, 0.4) is 0 Å². The van der Waals surface area contributed by atoms with Crippen molar-refractivity contribution in [2.45, 2.75) is 64.0 Å². The molecule has 0 spiro atoms. The van der Waals surface area contributed by atoms with Crippen LogP contribution in [0, 0.1) is 17.8 Å². The second-order valence-electron chi connectivity index (χ2n) is 5.91. The lowest BCUT2D eigenvalue weighted by Gasteiger charge is -2.29. The molecule has 2 rings (SSSR count). The molecule has 0 radical (unpaired) electrons. The molecule has 0 aromatic carbocycles. The van der Waals surface area contributed by atoms with Crippen LogP contribution in [0.4, 0.5) is 13.2 Å². The Labute approximate surface area is 106 Å². The maximum atomic E-state index is 12.5. The van der Waals surface area contributed by atoms with Crippen molar-refractivity contribution in [3.63, 3.8) is 0 Å². The van der Waals surface area contributed by atoms with Crippen molar-refractivity contribution in [2.75, 3.05) is 0 Å². The minimum atomic E-state index is -4.07. The number of carbonyl (C=O) groups excluding carboxylic acids is 1. The molecule has 0 heterocycles. The van der Waals surface area contributed by atoms with E-state index in [0.717, 1.165) is 12.8 Å². The highest BCUT2D eigenvalue weighted by molar-refractivity contribution is 5.81. The summed E-state index contributed by atoms with van der Waals surface area (Å²) in [6.07, 6.45) is 2.38. The minimum Gasteiger partial charge on any atom is -0.299 e. The van der Waals surface area contributed by atoms with Gasteiger partial charge in [-0.25, -0.2) is 0 Å². The van der Waals surface area contributed by atoms with Crippen molar-refractivity contribution in [3.8, 4) is 0 Å². The number of alkyl halides is 3. The quantitative estimate of drug-likeness (QED) is 0.731. The summed E-state index contributed by atoms with van der Waals surface area (Å²) in [5.41, 5.74) is 0. The number of hydrogen-bond acceptors (Lipinski definition) is 1. The lowest BCUT2D eigenvalue weighted by atomic mass is 9.78. The van der Waals surface area contributed by atoms with Gasteiger partial charge in [0.15, 0.2) is 0 Å². The summed E-state index contributed by atoms with van der Waals surface area (Å²) in [4.78, 5) is 12.0. The van der Waals surface area contributed by atoms with Crippen LogP contribution < -0.4 is 0 Å². The SMILES string of the molecule is O=C(CC1CCCC1)C1CCC(C(F)(F)F)CC1. The fraction of sp³-hybridized carbons (Fsp3) is 0.929. The first-order valence-electron chi connectivity index (χ1n) is 7.06. The third-order valence-electron chi connectivity index (χ3n) is 4.61. The van der Waals surface area contributed by atoms with Crippen molar-refractivity contribution in [3.05, 3.63) is 0 Å². The van der Waals surface area contributed by atoms with Gasteiger partial charge in [-0.3, -0.25) is 4.79 Å². The van der Waals surface area contributed by atoms with Gasteiger partial charge in [-0.15, -0.1) is 0 Å². The zero-order valence-electron chi connectivity index (χ0n) is 10.6. The highest BCUT2D eigenvalue weighted by Crippen LogP contribution is 2.40. The van der Waals surface area contributed by atoms with E-state index in [2.05, 4.69) is 0 Å². The first-order chi connectivity index (χ1) is 8.47. The van der Waals surface area contributed by atoms with E-state index < -0.39 is 12.1 Å². The van der Waals surface area contributed by atoms with E-state index >= 15 is 0 Å². The van der Waals surface area contributed by atoms with Crippen molar-refractivity contribution in [2.24, 2.45) is 17.8 Å². The Bertz CT molecular complexity index is 284. The maximum Gasteiger partial charge on any atom is 0.391 e. The lowest BCUT2D eigenvalue weighted by molar-refractivity contribution is -0.184. The highest BCUT2D eigenvalue weighted by Gasteiger charge is 2.42. The molecule has 0 N–H and O–H groups in total. The molecular weight excluding hydrogens is 241 g/mol. The third kappa shape index (κ3) is 3.48. The first-order valence-corrected chi connectivity index (χ1v) is 7.06. The molecule has 2 saturated carbocycles. The Hall–Kier alpha value is -0.540. The Morgan fingerprint density at radius 2 is 1.50 bits per heavy atom. The van der Waals surface area contributed by atoms with Gasteiger partial charge in [0.2, 0.25) is 0 Å². The average Bonchev–Trinajstić information content (AvgIpc) is 2.81. The molecule has 0 aromatic rings. The Kier molecular flexibility index (Phi) is 4.33. The molecule has 2 aliphatic carbocycles. The minimum absolute atomic E-state index is 0.0933. The summed E-state index contributed by atoms with van der Waals surface area (Å²) in [6.45, 7) is 0. The third-order valence-corrected chi connectivity index (χ3v) is 4.61. The Morgan fingerprint density at radius 3 is 2.00 bits per heavy atom. The molecule has 0 unspecified atom stereocenters. The van der Waals surface area contributed by atoms with Gasteiger partial charge in [-0.2, -0.15) is 13.2 Å². The molecule has 1 nitrogen and oxygen atoms in total. The molecule has 0 saturated heterocycles. The van der Waals surface area contributed by atoms with E-state index in [4.69, 9.17) is 0 Å². The fourth-order valence-corrected chi connectivity index (χ4v) is 3.41. The monoisotopic (exact) mass is 262 g/mol. The predicted molar refractivity (Wildman–Crippen MR) is 63.1 cm³/mol. The topological polar surface area (TPSA) is 17.1 Å². The molecule has 2 aliphatic rings. The second kappa shape index (κ2) is 5.62. The number of ketones is 1. The molecule has 2 fully saturated rings. The van der Waals surface area contributed by atoms with Crippen LogP contribution in [0.15, 0.2) is 0 Å². The van der Waals surface area contributed by atoms with Gasteiger partial charge in [-0.05, 0) is 31.6 Å². The summed E-state index contributed by atoms with van der Waals surface area (Å²) in [5.74, 6) is -0.530. The van der Waals surface area contributed by atoms with E-state index in [1.54, 1.807) is 0 Å². The van der Waals surface area contributed by atoms with Gasteiger partial charge in [0.05, 0.1) is 5.92 Å². The van der Waals surface area contributed by atoms with Crippen molar-refractivity contribution in [1.82, 2.24) is 0 Å². The smallest absolute Gasteiger partial charge is 0.299 e. The maximum absolute atomic E-state index is 12.5. The summed E-state index contributed by atoms with van der Waals surface area (Å²) in [7, 11) is 0.